The fourth-order valence-electron chi connectivity index (χ4n) is 2.09. The van der Waals surface area contributed by atoms with Gasteiger partial charge in [0.25, 0.3) is 0 Å². The van der Waals surface area contributed by atoms with E-state index in [1.165, 1.54) is 5.56 Å². The van der Waals surface area contributed by atoms with Gasteiger partial charge in [-0.2, -0.15) is 0 Å². The van der Waals surface area contributed by atoms with Crippen LogP contribution in [-0.2, 0) is 11.3 Å². The number of carbonyl (C=O) groups excluding carboxylic acids is 1. The highest BCUT2D eigenvalue weighted by Gasteiger charge is 2.24. The normalized spacial score (nSPS) is 17.9. The van der Waals surface area contributed by atoms with Crippen LogP contribution in [-0.4, -0.2) is 22.9 Å². The highest BCUT2D eigenvalue weighted by atomic mass is 16.1. The van der Waals surface area contributed by atoms with Crippen LogP contribution in [0.5, 0.6) is 0 Å². The number of nitrogens with zero attached hydrogens (tertiary/aromatic N) is 1. The molecule has 2 rings (SSSR count). The fourth-order valence-corrected chi connectivity index (χ4v) is 2.09. The second-order valence-corrected chi connectivity index (χ2v) is 5.55. The molecule has 17 heavy (non-hydrogen) atoms. The van der Waals surface area contributed by atoms with Crippen LogP contribution < -0.4 is 5.32 Å². The Morgan fingerprint density at radius 3 is 2.65 bits per heavy atom. The average Bonchev–Trinajstić information content (AvgIpc) is 2.21. The number of hydrogen-bond acceptors (Lipinski definition) is 2. The highest BCUT2D eigenvalue weighted by molar-refractivity contribution is 5.91. The van der Waals surface area contributed by atoms with Gasteiger partial charge in [0, 0.05) is 30.7 Å². The van der Waals surface area contributed by atoms with Crippen LogP contribution >= 0.6 is 0 Å². The monoisotopic (exact) mass is 232 g/mol. The summed E-state index contributed by atoms with van der Waals surface area (Å²) in [7, 11) is 0. The Bertz CT molecular complexity index is 420. The smallest absolute Gasteiger partial charge is 0.225 e. The van der Waals surface area contributed by atoms with Crippen LogP contribution in [0.3, 0.4) is 0 Å². The number of benzene rings is 1. The summed E-state index contributed by atoms with van der Waals surface area (Å²) in [5.41, 5.74) is 2.23. The van der Waals surface area contributed by atoms with Gasteiger partial charge in [0.05, 0.1) is 0 Å². The predicted octanol–water partition coefficient (Wildman–Crippen LogP) is 2.63. The zero-order valence-electron chi connectivity index (χ0n) is 10.8. The lowest BCUT2D eigenvalue weighted by molar-refractivity contribution is -0.117. The molecule has 0 fully saturated rings. The number of hydrogen-bond donors (Lipinski definition) is 1. The molecular formula is C14H20N2O. The van der Waals surface area contributed by atoms with E-state index in [4.69, 9.17) is 0 Å². The Morgan fingerprint density at radius 1 is 1.24 bits per heavy atom. The Balaban J connectivity index is 2.32. The first-order chi connectivity index (χ1) is 7.97. The fraction of sp³-hybridized carbons (Fsp3) is 0.500. The third-order valence-electron chi connectivity index (χ3n) is 3.21. The standard InChI is InChI=1S/C14H20N2O/c1-14(2,3)16-9-8-13(17)15-12-7-5-4-6-11(12)10-16/h4-7H,8-10H2,1-3H3,(H,15,17). The summed E-state index contributed by atoms with van der Waals surface area (Å²) >= 11 is 0. The molecule has 0 unspecified atom stereocenters. The Morgan fingerprint density at radius 2 is 1.94 bits per heavy atom. The molecule has 0 spiro atoms. The number of anilines is 1. The third-order valence-corrected chi connectivity index (χ3v) is 3.21. The van der Waals surface area contributed by atoms with Gasteiger partial charge in [0.2, 0.25) is 5.91 Å². The van der Waals surface area contributed by atoms with Gasteiger partial charge < -0.3 is 5.32 Å². The zero-order chi connectivity index (χ0) is 12.5. The van der Waals surface area contributed by atoms with Crippen molar-refractivity contribution in [3.63, 3.8) is 0 Å². The third kappa shape index (κ3) is 2.86. The van der Waals surface area contributed by atoms with Crippen molar-refractivity contribution in [1.29, 1.82) is 0 Å². The minimum atomic E-state index is 0.0880. The molecule has 0 radical (unpaired) electrons. The van der Waals surface area contributed by atoms with Gasteiger partial charge in [0.15, 0.2) is 0 Å². The van der Waals surface area contributed by atoms with Crippen molar-refractivity contribution in [2.24, 2.45) is 0 Å². The van der Waals surface area contributed by atoms with E-state index in [1.807, 2.05) is 18.2 Å². The summed E-state index contributed by atoms with van der Waals surface area (Å²) in [6.45, 7) is 8.27. The van der Waals surface area contributed by atoms with Crippen LogP contribution in [0.4, 0.5) is 5.69 Å². The summed E-state index contributed by atoms with van der Waals surface area (Å²) in [5.74, 6) is 0.103. The zero-order valence-corrected chi connectivity index (χ0v) is 10.8. The van der Waals surface area contributed by atoms with E-state index < -0.39 is 0 Å². The summed E-state index contributed by atoms with van der Waals surface area (Å²) < 4.78 is 0. The minimum Gasteiger partial charge on any atom is -0.326 e. The molecule has 1 amide bonds. The van der Waals surface area contributed by atoms with Crippen molar-refractivity contribution in [3.8, 4) is 0 Å². The molecule has 1 aromatic rings. The second-order valence-electron chi connectivity index (χ2n) is 5.55. The molecule has 1 heterocycles. The molecule has 0 bridgehead atoms. The molecule has 0 aromatic heterocycles. The summed E-state index contributed by atoms with van der Waals surface area (Å²) in [6, 6.07) is 8.04. The van der Waals surface area contributed by atoms with Gasteiger partial charge in [-0.25, -0.2) is 0 Å². The maximum Gasteiger partial charge on any atom is 0.225 e. The molecule has 0 saturated carbocycles. The summed E-state index contributed by atoms with van der Waals surface area (Å²) in [5, 5.41) is 2.97. The Labute approximate surface area is 103 Å². The molecule has 92 valence electrons. The van der Waals surface area contributed by atoms with E-state index in [0.717, 1.165) is 18.8 Å². The second kappa shape index (κ2) is 4.49. The van der Waals surface area contributed by atoms with Crippen molar-refractivity contribution >= 4 is 11.6 Å². The van der Waals surface area contributed by atoms with Gasteiger partial charge in [-0.3, -0.25) is 9.69 Å². The van der Waals surface area contributed by atoms with E-state index in [0.29, 0.717) is 6.42 Å². The predicted molar refractivity (Wildman–Crippen MR) is 69.9 cm³/mol. The first-order valence-electron chi connectivity index (χ1n) is 6.09. The lowest BCUT2D eigenvalue weighted by Gasteiger charge is -2.37. The SMILES string of the molecule is CC(C)(C)N1CCC(=O)Nc2ccccc2C1. The largest absolute Gasteiger partial charge is 0.326 e. The van der Waals surface area contributed by atoms with Crippen LogP contribution in [0.15, 0.2) is 24.3 Å². The van der Waals surface area contributed by atoms with Crippen molar-refractivity contribution in [2.75, 3.05) is 11.9 Å². The number of para-hydroxylation sites is 1. The molecule has 0 saturated heterocycles. The van der Waals surface area contributed by atoms with Gasteiger partial charge in [-0.05, 0) is 32.4 Å². The molecular weight excluding hydrogens is 212 g/mol. The molecule has 1 aliphatic heterocycles. The molecule has 3 nitrogen and oxygen atoms in total. The summed E-state index contributed by atoms with van der Waals surface area (Å²) in [6.07, 6.45) is 0.561. The quantitative estimate of drug-likeness (QED) is 0.745. The molecule has 1 aliphatic rings. The topological polar surface area (TPSA) is 32.3 Å². The van der Waals surface area contributed by atoms with Crippen molar-refractivity contribution < 1.29 is 4.79 Å². The first kappa shape index (κ1) is 12.1. The van der Waals surface area contributed by atoms with Crippen LogP contribution in [0, 0.1) is 0 Å². The lowest BCUT2D eigenvalue weighted by atomic mass is 10.0. The van der Waals surface area contributed by atoms with Gasteiger partial charge in [-0.1, -0.05) is 18.2 Å². The van der Waals surface area contributed by atoms with Crippen molar-refractivity contribution in [3.05, 3.63) is 29.8 Å². The van der Waals surface area contributed by atoms with E-state index in [2.05, 4.69) is 37.1 Å². The van der Waals surface area contributed by atoms with E-state index in [1.54, 1.807) is 0 Å². The van der Waals surface area contributed by atoms with Crippen molar-refractivity contribution in [2.45, 2.75) is 39.3 Å². The van der Waals surface area contributed by atoms with Gasteiger partial charge >= 0.3 is 0 Å². The highest BCUT2D eigenvalue weighted by Crippen LogP contribution is 2.24. The molecule has 0 aliphatic carbocycles. The maximum absolute atomic E-state index is 11.7. The number of amides is 1. The number of rotatable bonds is 0. The molecule has 3 heteroatoms. The van der Waals surface area contributed by atoms with E-state index >= 15 is 0 Å². The molecule has 1 N–H and O–H groups in total. The average molecular weight is 232 g/mol. The lowest BCUT2D eigenvalue weighted by Crippen LogP contribution is -2.43. The van der Waals surface area contributed by atoms with Crippen LogP contribution in [0.2, 0.25) is 0 Å². The van der Waals surface area contributed by atoms with E-state index in [-0.39, 0.29) is 11.4 Å². The van der Waals surface area contributed by atoms with Crippen molar-refractivity contribution in [1.82, 2.24) is 4.90 Å². The number of carbonyl (C=O) groups is 1. The Hall–Kier alpha value is -1.35. The number of nitrogens with one attached hydrogen (secondary N) is 1. The first-order valence-corrected chi connectivity index (χ1v) is 6.09. The molecule has 1 aromatic carbocycles. The minimum absolute atomic E-state index is 0.0880. The molecule has 0 atom stereocenters. The van der Waals surface area contributed by atoms with Crippen LogP contribution in [0.25, 0.3) is 0 Å². The van der Waals surface area contributed by atoms with Crippen LogP contribution in [0.1, 0.15) is 32.8 Å². The van der Waals surface area contributed by atoms with Gasteiger partial charge in [-0.15, -0.1) is 0 Å². The summed E-state index contributed by atoms with van der Waals surface area (Å²) in [4.78, 5) is 14.1. The Kier molecular flexibility index (Phi) is 3.20. The van der Waals surface area contributed by atoms with E-state index in [9.17, 15) is 4.79 Å². The van der Waals surface area contributed by atoms with Gasteiger partial charge in [0.1, 0.15) is 0 Å². The number of fused-ring (bicyclic) bond motifs is 1. The maximum atomic E-state index is 11.7.